The quantitative estimate of drug-likeness (QED) is 0.548. The van der Waals surface area contributed by atoms with Gasteiger partial charge in [-0.15, -0.1) is 0 Å². The fourth-order valence-electron chi connectivity index (χ4n) is 3.31. The predicted molar refractivity (Wildman–Crippen MR) is 110 cm³/mol. The molecule has 0 atom stereocenters. The van der Waals surface area contributed by atoms with Gasteiger partial charge in [0.05, 0.1) is 25.8 Å². The zero-order valence-electron chi connectivity index (χ0n) is 16.1. The zero-order valence-corrected chi connectivity index (χ0v) is 16.1. The van der Waals surface area contributed by atoms with Gasteiger partial charge < -0.3 is 14.3 Å². The Morgan fingerprint density at radius 2 is 2.03 bits per heavy atom. The fourth-order valence-corrected chi connectivity index (χ4v) is 3.31. The van der Waals surface area contributed by atoms with E-state index in [1.54, 1.807) is 35.7 Å². The number of H-pyrrole nitrogens is 1. The van der Waals surface area contributed by atoms with Crippen LogP contribution in [0.2, 0.25) is 0 Å². The average Bonchev–Trinajstić information content (AvgIpc) is 3.22. The maximum absolute atomic E-state index is 13.0. The molecule has 0 unspecified atom stereocenters. The smallest absolute Gasteiger partial charge is 0.253 e. The number of fused-ring (bicyclic) bond motifs is 1. The summed E-state index contributed by atoms with van der Waals surface area (Å²) >= 11 is 0. The van der Waals surface area contributed by atoms with Crippen LogP contribution in [-0.2, 0) is 24.3 Å². The molecule has 6 heteroatoms. The third-order valence-electron chi connectivity index (χ3n) is 4.80. The van der Waals surface area contributed by atoms with Gasteiger partial charge in [-0.3, -0.25) is 14.6 Å². The lowest BCUT2D eigenvalue weighted by Crippen LogP contribution is -2.33. The molecule has 0 aliphatic heterocycles. The van der Waals surface area contributed by atoms with Crippen LogP contribution >= 0.6 is 0 Å². The summed E-state index contributed by atoms with van der Waals surface area (Å²) in [4.78, 5) is 34.2. The maximum Gasteiger partial charge on any atom is 0.253 e. The van der Waals surface area contributed by atoms with Crippen molar-refractivity contribution in [1.29, 1.82) is 0 Å². The van der Waals surface area contributed by atoms with Gasteiger partial charge >= 0.3 is 0 Å². The first kappa shape index (κ1) is 18.7. The SMILES string of the molecule is Cc1ccc2[nH]c(=O)c(CN(Cc3ccco3)C(=O)Cc3cccnc3)cc2c1. The van der Waals surface area contributed by atoms with Gasteiger partial charge in [-0.05, 0) is 54.3 Å². The number of carbonyl (C=O) groups excluding carboxylic acids is 1. The summed E-state index contributed by atoms with van der Waals surface area (Å²) in [5.74, 6) is 0.565. The van der Waals surface area contributed by atoms with Gasteiger partial charge in [0.2, 0.25) is 5.91 Å². The molecule has 0 spiro atoms. The van der Waals surface area contributed by atoms with Gasteiger partial charge in [-0.1, -0.05) is 17.7 Å². The normalized spacial score (nSPS) is 10.9. The number of nitrogens with one attached hydrogen (secondary N) is 1. The number of aromatic nitrogens is 2. The van der Waals surface area contributed by atoms with E-state index in [0.717, 1.165) is 22.0 Å². The monoisotopic (exact) mass is 387 g/mol. The highest BCUT2D eigenvalue weighted by Gasteiger charge is 2.18. The van der Waals surface area contributed by atoms with Crippen LogP contribution in [0.1, 0.15) is 22.5 Å². The molecule has 3 heterocycles. The number of nitrogens with zero attached hydrogens (tertiary/aromatic N) is 2. The lowest BCUT2D eigenvalue weighted by Gasteiger charge is -2.22. The van der Waals surface area contributed by atoms with Gasteiger partial charge in [0.1, 0.15) is 5.76 Å². The number of furan rings is 1. The molecule has 4 aromatic rings. The Bertz CT molecular complexity index is 1180. The molecule has 0 saturated heterocycles. The Morgan fingerprint density at radius 3 is 2.79 bits per heavy atom. The van der Waals surface area contributed by atoms with Gasteiger partial charge in [0.25, 0.3) is 5.56 Å². The van der Waals surface area contributed by atoms with Gasteiger partial charge in [-0.2, -0.15) is 0 Å². The van der Waals surface area contributed by atoms with Crippen LogP contribution in [0.15, 0.2) is 76.4 Å². The van der Waals surface area contributed by atoms with Gasteiger partial charge in [-0.25, -0.2) is 0 Å². The summed E-state index contributed by atoms with van der Waals surface area (Å²) in [6.45, 7) is 2.49. The van der Waals surface area contributed by atoms with Crippen molar-refractivity contribution in [2.75, 3.05) is 0 Å². The number of aromatic amines is 1. The van der Waals surface area contributed by atoms with E-state index in [1.165, 1.54) is 0 Å². The average molecular weight is 387 g/mol. The summed E-state index contributed by atoms with van der Waals surface area (Å²) in [7, 11) is 0. The topological polar surface area (TPSA) is 79.2 Å². The first-order chi connectivity index (χ1) is 14.1. The summed E-state index contributed by atoms with van der Waals surface area (Å²) in [5, 5.41) is 0.942. The standard InChI is InChI=1S/C23H21N3O3/c1-16-6-7-21-18(10-16)12-19(23(28)25-21)14-26(15-20-5-3-9-29-20)22(27)11-17-4-2-8-24-13-17/h2-10,12-13H,11,14-15H2,1H3,(H,25,28). The molecule has 1 N–H and O–H groups in total. The predicted octanol–water partition coefficient (Wildman–Crippen LogP) is 3.60. The van der Waals surface area contributed by atoms with E-state index in [4.69, 9.17) is 4.42 Å². The fraction of sp³-hybridized carbons (Fsp3) is 0.174. The summed E-state index contributed by atoms with van der Waals surface area (Å²) in [6.07, 6.45) is 5.13. The molecule has 1 amide bonds. The highest BCUT2D eigenvalue weighted by molar-refractivity contribution is 5.80. The molecule has 146 valence electrons. The maximum atomic E-state index is 13.0. The second kappa shape index (κ2) is 8.14. The molecule has 3 aromatic heterocycles. The Balaban J connectivity index is 1.64. The summed E-state index contributed by atoms with van der Waals surface area (Å²) < 4.78 is 5.43. The van der Waals surface area contributed by atoms with Crippen molar-refractivity contribution >= 4 is 16.8 Å². The highest BCUT2D eigenvalue weighted by Crippen LogP contribution is 2.16. The van der Waals surface area contributed by atoms with Crippen molar-refractivity contribution in [2.24, 2.45) is 0 Å². The van der Waals surface area contributed by atoms with E-state index in [1.807, 2.05) is 43.3 Å². The lowest BCUT2D eigenvalue weighted by molar-refractivity contribution is -0.132. The minimum absolute atomic E-state index is 0.0989. The van der Waals surface area contributed by atoms with E-state index in [9.17, 15) is 9.59 Å². The number of amides is 1. The Hall–Kier alpha value is -3.67. The van der Waals surface area contributed by atoms with Crippen LogP contribution in [0, 0.1) is 6.92 Å². The molecule has 6 nitrogen and oxygen atoms in total. The number of benzene rings is 1. The van der Waals surface area contributed by atoms with Crippen LogP contribution in [0.5, 0.6) is 0 Å². The molecule has 1 aromatic carbocycles. The van der Waals surface area contributed by atoms with Gasteiger partial charge in [0.15, 0.2) is 0 Å². The number of hydrogen-bond donors (Lipinski definition) is 1. The summed E-state index contributed by atoms with van der Waals surface area (Å²) in [5.41, 5.74) is 3.05. The largest absolute Gasteiger partial charge is 0.467 e. The first-order valence-corrected chi connectivity index (χ1v) is 9.40. The number of rotatable bonds is 6. The van der Waals surface area contributed by atoms with Crippen molar-refractivity contribution in [3.63, 3.8) is 0 Å². The van der Waals surface area contributed by atoms with Crippen molar-refractivity contribution in [1.82, 2.24) is 14.9 Å². The van der Waals surface area contributed by atoms with Crippen LogP contribution in [0.4, 0.5) is 0 Å². The first-order valence-electron chi connectivity index (χ1n) is 9.40. The molecule has 4 rings (SSSR count). The van der Waals surface area contributed by atoms with Crippen LogP contribution in [0.3, 0.4) is 0 Å². The Morgan fingerprint density at radius 1 is 1.14 bits per heavy atom. The summed E-state index contributed by atoms with van der Waals surface area (Å²) in [6, 6.07) is 15.0. The van der Waals surface area contributed by atoms with E-state index in [0.29, 0.717) is 11.3 Å². The minimum Gasteiger partial charge on any atom is -0.467 e. The number of pyridine rings is 2. The molecule has 0 fully saturated rings. The number of carbonyl (C=O) groups is 1. The minimum atomic E-state index is -0.194. The molecule has 0 bridgehead atoms. The molecule has 0 saturated carbocycles. The molecular formula is C23H21N3O3. The van der Waals surface area contributed by atoms with E-state index in [-0.39, 0.29) is 31.0 Å². The third kappa shape index (κ3) is 4.43. The Kier molecular flexibility index (Phi) is 5.24. The van der Waals surface area contributed by atoms with Crippen molar-refractivity contribution in [3.8, 4) is 0 Å². The third-order valence-corrected chi connectivity index (χ3v) is 4.80. The Labute approximate surface area is 167 Å². The highest BCUT2D eigenvalue weighted by atomic mass is 16.3. The van der Waals surface area contributed by atoms with Crippen molar-refractivity contribution in [3.05, 3.63) is 100.0 Å². The molecule has 0 radical (unpaired) electrons. The number of hydrogen-bond acceptors (Lipinski definition) is 4. The van der Waals surface area contributed by atoms with E-state index < -0.39 is 0 Å². The number of aryl methyl sites for hydroxylation is 1. The second-order valence-corrected chi connectivity index (χ2v) is 7.08. The molecule has 0 aliphatic carbocycles. The van der Waals surface area contributed by atoms with Crippen LogP contribution < -0.4 is 5.56 Å². The molecular weight excluding hydrogens is 366 g/mol. The van der Waals surface area contributed by atoms with Crippen LogP contribution in [-0.4, -0.2) is 20.8 Å². The van der Waals surface area contributed by atoms with Crippen molar-refractivity contribution < 1.29 is 9.21 Å². The van der Waals surface area contributed by atoms with Crippen LogP contribution in [0.25, 0.3) is 10.9 Å². The molecule has 29 heavy (non-hydrogen) atoms. The van der Waals surface area contributed by atoms with Crippen molar-refractivity contribution in [2.45, 2.75) is 26.4 Å². The van der Waals surface area contributed by atoms with E-state index >= 15 is 0 Å². The van der Waals surface area contributed by atoms with E-state index in [2.05, 4.69) is 9.97 Å². The lowest BCUT2D eigenvalue weighted by atomic mass is 10.1. The van der Waals surface area contributed by atoms with Gasteiger partial charge in [0, 0.05) is 23.5 Å². The second-order valence-electron chi connectivity index (χ2n) is 7.08. The zero-order chi connectivity index (χ0) is 20.2. The molecule has 0 aliphatic rings.